The van der Waals surface area contributed by atoms with Crippen molar-refractivity contribution in [2.45, 2.75) is 41.0 Å². The van der Waals surface area contributed by atoms with Gasteiger partial charge in [-0.05, 0) is 51.2 Å². The van der Waals surface area contributed by atoms with Crippen LogP contribution in [0.4, 0.5) is 5.69 Å². The van der Waals surface area contributed by atoms with Gasteiger partial charge < -0.3 is 26.8 Å². The van der Waals surface area contributed by atoms with Gasteiger partial charge in [-0.3, -0.25) is 0 Å². The number of hydrogen-bond donors (Lipinski definition) is 0. The van der Waals surface area contributed by atoms with Gasteiger partial charge >= 0.3 is 0 Å². The Bertz CT molecular complexity index is 996. The van der Waals surface area contributed by atoms with Gasteiger partial charge in [-0.2, -0.15) is 0 Å². The van der Waals surface area contributed by atoms with Crippen molar-refractivity contribution in [2.75, 3.05) is 50.7 Å². The van der Waals surface area contributed by atoms with E-state index in [9.17, 15) is 0 Å². The molecule has 31 heavy (non-hydrogen) atoms. The van der Waals surface area contributed by atoms with Crippen molar-refractivity contribution in [2.24, 2.45) is 0 Å². The molecule has 0 atom stereocenters. The van der Waals surface area contributed by atoms with Crippen LogP contribution in [0.1, 0.15) is 41.0 Å². The number of anilines is 1. The number of nitrogens with zero attached hydrogens (tertiary/aromatic N) is 4. The first kappa shape index (κ1) is 25.8. The van der Waals surface area contributed by atoms with E-state index in [2.05, 4.69) is 85.4 Å². The first-order valence-corrected chi connectivity index (χ1v) is 12.3. The second kappa shape index (κ2) is 12.5. The summed E-state index contributed by atoms with van der Waals surface area (Å²) in [5, 5.41) is 1.30. The maximum atomic E-state index is 4.94. The minimum atomic E-state index is 0. The van der Waals surface area contributed by atoms with Gasteiger partial charge in [-0.15, -0.1) is 11.3 Å². The molecular formula is C25H37BrN4S. The van der Waals surface area contributed by atoms with Gasteiger partial charge in [0.1, 0.15) is 13.1 Å². The molecule has 0 spiro atoms. The summed E-state index contributed by atoms with van der Waals surface area (Å²) in [5.41, 5.74) is 3.47. The quantitative estimate of drug-likeness (QED) is 0.310. The molecule has 0 radical (unpaired) electrons. The molecule has 4 nitrogen and oxygen atoms in total. The van der Waals surface area contributed by atoms with E-state index in [0.29, 0.717) is 0 Å². The Balaban J connectivity index is 0.00000341. The topological polar surface area (TPSA) is 22.4 Å². The second-order valence-corrected chi connectivity index (χ2v) is 8.79. The van der Waals surface area contributed by atoms with E-state index in [-0.39, 0.29) is 17.0 Å². The van der Waals surface area contributed by atoms with Crippen LogP contribution in [0.25, 0.3) is 20.8 Å². The maximum Gasteiger partial charge on any atom is 0.201 e. The number of aromatic nitrogens is 1. The lowest BCUT2D eigenvalue weighted by Gasteiger charge is -2.27. The molecule has 0 bridgehead atoms. The number of rotatable bonds is 10. The summed E-state index contributed by atoms with van der Waals surface area (Å²) >= 11 is 1.86. The van der Waals surface area contributed by atoms with Gasteiger partial charge in [-0.25, -0.2) is 9.56 Å². The van der Waals surface area contributed by atoms with Gasteiger partial charge in [0.2, 0.25) is 5.36 Å². The van der Waals surface area contributed by atoms with Crippen LogP contribution in [0.15, 0.2) is 36.4 Å². The van der Waals surface area contributed by atoms with Crippen molar-refractivity contribution in [3.8, 4) is 10.6 Å². The molecule has 0 fully saturated rings. The second-order valence-electron chi connectivity index (χ2n) is 7.70. The minimum Gasteiger partial charge on any atom is -1.00 e. The highest BCUT2D eigenvalue weighted by atomic mass is 79.9. The zero-order valence-electron chi connectivity index (χ0n) is 19.7. The molecule has 1 aromatic rings. The molecule has 0 saturated heterocycles. The van der Waals surface area contributed by atoms with Crippen LogP contribution in [0, 0.1) is 0 Å². The summed E-state index contributed by atoms with van der Waals surface area (Å²) in [6.07, 6.45) is 1.16. The summed E-state index contributed by atoms with van der Waals surface area (Å²) < 4.78 is 3.70. The predicted octanol–water partition coefficient (Wildman–Crippen LogP) is 1.78. The predicted molar refractivity (Wildman–Crippen MR) is 133 cm³/mol. The SMILES string of the molecule is CCC[N+](CC)=c1ccc2nc3ccc(N(CC)CCN(CC)CC)cc3sc-2c1.[Br-]. The van der Waals surface area contributed by atoms with Gasteiger partial charge in [0.05, 0.1) is 20.8 Å². The lowest BCUT2D eigenvalue weighted by atomic mass is 10.2. The average molecular weight is 506 g/mol. The monoisotopic (exact) mass is 504 g/mol. The molecule has 6 heteroatoms. The largest absolute Gasteiger partial charge is 1.00 e. The molecule has 1 aromatic carbocycles. The van der Waals surface area contributed by atoms with E-state index in [1.165, 1.54) is 20.6 Å². The fraction of sp³-hybridized carbons (Fsp3) is 0.520. The third-order valence-corrected chi connectivity index (χ3v) is 7.01. The lowest BCUT2D eigenvalue weighted by molar-refractivity contribution is -0.00000635. The average Bonchev–Trinajstić information content (AvgIpc) is 2.78. The third kappa shape index (κ3) is 6.27. The van der Waals surface area contributed by atoms with Gasteiger partial charge in [0.25, 0.3) is 0 Å². The number of likely N-dealkylation sites (N-methyl/N-ethyl adjacent to an activating group) is 2. The van der Waals surface area contributed by atoms with Crippen molar-refractivity contribution in [3.05, 3.63) is 41.8 Å². The Hall–Kier alpha value is -1.50. The summed E-state index contributed by atoms with van der Waals surface area (Å²) in [4.78, 5) is 11.2. The Morgan fingerprint density at radius 1 is 0.903 bits per heavy atom. The highest BCUT2D eigenvalue weighted by Crippen LogP contribution is 2.31. The van der Waals surface area contributed by atoms with Crippen LogP contribution in [0.5, 0.6) is 0 Å². The molecule has 0 saturated carbocycles. The molecule has 0 unspecified atom stereocenters. The highest BCUT2D eigenvalue weighted by molar-refractivity contribution is 7.21. The molecule has 2 aliphatic rings. The zero-order chi connectivity index (χ0) is 21.5. The maximum absolute atomic E-state index is 4.94. The van der Waals surface area contributed by atoms with Crippen LogP contribution in [-0.4, -0.2) is 55.7 Å². The van der Waals surface area contributed by atoms with Gasteiger partial charge in [0.15, 0.2) is 0 Å². The van der Waals surface area contributed by atoms with Crippen molar-refractivity contribution in [3.63, 3.8) is 0 Å². The molecule has 0 aromatic heterocycles. The molecule has 3 rings (SSSR count). The Labute approximate surface area is 202 Å². The molecule has 1 aliphatic heterocycles. The van der Waals surface area contributed by atoms with Crippen LogP contribution < -0.4 is 31.8 Å². The minimum absolute atomic E-state index is 0. The summed E-state index contributed by atoms with van der Waals surface area (Å²) in [6.45, 7) is 18.7. The van der Waals surface area contributed by atoms with Crippen LogP contribution in [0.3, 0.4) is 0 Å². The Morgan fingerprint density at radius 3 is 2.32 bits per heavy atom. The van der Waals surface area contributed by atoms with Crippen LogP contribution >= 0.6 is 11.3 Å². The van der Waals surface area contributed by atoms with Gasteiger partial charge in [0, 0.05) is 43.9 Å². The van der Waals surface area contributed by atoms with Crippen LogP contribution in [0.2, 0.25) is 0 Å². The van der Waals surface area contributed by atoms with E-state index in [0.717, 1.165) is 63.4 Å². The first-order chi connectivity index (χ1) is 14.6. The van der Waals surface area contributed by atoms with Gasteiger partial charge in [-0.1, -0.05) is 20.8 Å². The third-order valence-electron chi connectivity index (χ3n) is 5.92. The summed E-state index contributed by atoms with van der Waals surface area (Å²) in [7, 11) is 0. The summed E-state index contributed by atoms with van der Waals surface area (Å²) in [5.74, 6) is 0. The van der Waals surface area contributed by atoms with Crippen molar-refractivity contribution in [1.82, 2.24) is 14.5 Å². The van der Waals surface area contributed by atoms with E-state index < -0.39 is 0 Å². The van der Waals surface area contributed by atoms with Crippen molar-refractivity contribution < 1.29 is 17.0 Å². The first-order valence-electron chi connectivity index (χ1n) is 11.5. The molecule has 1 aliphatic carbocycles. The zero-order valence-corrected chi connectivity index (χ0v) is 22.1. The fourth-order valence-electron chi connectivity index (χ4n) is 4.01. The number of hydrogen-bond acceptors (Lipinski definition) is 4. The van der Waals surface area contributed by atoms with E-state index in [1.807, 2.05) is 11.3 Å². The Kier molecular flexibility index (Phi) is 10.4. The molecule has 170 valence electrons. The van der Waals surface area contributed by atoms with E-state index in [4.69, 9.17) is 4.98 Å². The lowest BCUT2D eigenvalue weighted by Crippen LogP contribution is -3.00. The van der Waals surface area contributed by atoms with E-state index >= 15 is 0 Å². The number of fused-ring (bicyclic) bond motifs is 2. The standard InChI is InChI=1S/C25H37N4S.BrH/c1-6-15-28(9-4)20-11-13-22-24(18-20)30-25-19-21(12-14-23(25)26-22)29(10-5)17-16-27(7-2)8-3;/h11-14,18-19H,6-10,15-17H2,1-5H3;1H/q+1;/p-1. The van der Waals surface area contributed by atoms with Crippen molar-refractivity contribution >= 4 is 27.2 Å². The fourth-order valence-corrected chi connectivity index (χ4v) is 5.04. The van der Waals surface area contributed by atoms with E-state index in [1.54, 1.807) is 0 Å². The molecule has 0 amide bonds. The van der Waals surface area contributed by atoms with Crippen molar-refractivity contribution in [1.29, 1.82) is 0 Å². The summed E-state index contributed by atoms with van der Waals surface area (Å²) in [6, 6.07) is 13.4. The number of benzene rings is 2. The molecule has 1 heterocycles. The smallest absolute Gasteiger partial charge is 0.201 e. The number of halogens is 1. The molecular weight excluding hydrogens is 468 g/mol. The van der Waals surface area contributed by atoms with Crippen LogP contribution in [-0.2, 0) is 0 Å². The normalized spacial score (nSPS) is 12.3. The molecule has 0 N–H and O–H groups in total. The highest BCUT2D eigenvalue weighted by Gasteiger charge is 2.13. The Morgan fingerprint density at radius 2 is 1.68 bits per heavy atom.